The van der Waals surface area contributed by atoms with Crippen molar-refractivity contribution in [3.8, 4) is 11.3 Å². The van der Waals surface area contributed by atoms with Gasteiger partial charge in [0.1, 0.15) is 0 Å². The zero-order chi connectivity index (χ0) is 37.0. The number of carbonyl (C=O) groups excluding carboxylic acids is 3. The van der Waals surface area contributed by atoms with E-state index in [9.17, 15) is 14.4 Å². The molecule has 0 spiro atoms. The molecule has 6 aromatic rings. The fourth-order valence-electron chi connectivity index (χ4n) is 7.92. The molecule has 1 fully saturated rings. The summed E-state index contributed by atoms with van der Waals surface area (Å²) in [5, 5.41) is 7.26. The molecule has 2 amide bonds. The van der Waals surface area contributed by atoms with Crippen LogP contribution in [0.4, 0.5) is 11.4 Å². The van der Waals surface area contributed by atoms with Gasteiger partial charge in [0.2, 0.25) is 0 Å². The third-order valence-electron chi connectivity index (χ3n) is 10.7. The summed E-state index contributed by atoms with van der Waals surface area (Å²) in [5.41, 5.74) is 8.90. The van der Waals surface area contributed by atoms with Crippen molar-refractivity contribution in [2.24, 2.45) is 0 Å². The molecule has 1 aliphatic heterocycles. The summed E-state index contributed by atoms with van der Waals surface area (Å²) in [5.74, 6) is -0.776. The van der Waals surface area contributed by atoms with Crippen LogP contribution in [-0.4, -0.2) is 47.5 Å². The van der Waals surface area contributed by atoms with Crippen LogP contribution in [0, 0.1) is 0 Å². The second kappa shape index (κ2) is 15.4. The maximum atomic E-state index is 13.9. The molecule has 0 bridgehead atoms. The number of benzene rings is 4. The van der Waals surface area contributed by atoms with Crippen molar-refractivity contribution in [3.63, 3.8) is 0 Å². The van der Waals surface area contributed by atoms with Crippen LogP contribution in [0.5, 0.6) is 0 Å². The number of nitrogens with zero attached hydrogens (tertiary/aromatic N) is 3. The lowest BCUT2D eigenvalue weighted by Gasteiger charge is -2.29. The Labute approximate surface area is 315 Å². The molecule has 2 N–H and O–H groups in total. The first-order chi connectivity index (χ1) is 26.4. The fraction of sp³-hybridized carbons (Fsp3) is 0.244. The lowest BCUT2D eigenvalue weighted by atomic mass is 9.87. The van der Waals surface area contributed by atoms with Gasteiger partial charge < -0.3 is 24.8 Å². The van der Waals surface area contributed by atoms with E-state index >= 15 is 0 Å². The van der Waals surface area contributed by atoms with Gasteiger partial charge in [-0.1, -0.05) is 42.5 Å². The molecule has 0 saturated carbocycles. The summed E-state index contributed by atoms with van der Waals surface area (Å²) in [6.45, 7) is 2.45. The Morgan fingerprint density at radius 2 is 1.65 bits per heavy atom. The highest BCUT2D eigenvalue weighted by atomic mass is 16.5. The molecule has 0 radical (unpaired) electrons. The molecular formula is C45H43N5O4. The highest BCUT2D eigenvalue weighted by Crippen LogP contribution is 2.34. The van der Waals surface area contributed by atoms with Crippen LogP contribution in [0.25, 0.3) is 22.2 Å². The van der Waals surface area contributed by atoms with E-state index < -0.39 is 0 Å². The van der Waals surface area contributed by atoms with Crippen molar-refractivity contribution in [1.29, 1.82) is 0 Å². The fourth-order valence-corrected chi connectivity index (χ4v) is 7.92. The van der Waals surface area contributed by atoms with Crippen LogP contribution in [0.3, 0.4) is 0 Å². The minimum absolute atomic E-state index is 0.0410. The average Bonchev–Trinajstić information content (AvgIpc) is 3.63. The van der Waals surface area contributed by atoms with E-state index in [2.05, 4.69) is 50.4 Å². The maximum absolute atomic E-state index is 13.9. The number of esters is 1. The number of anilines is 2. The van der Waals surface area contributed by atoms with E-state index in [-0.39, 0.29) is 23.8 Å². The van der Waals surface area contributed by atoms with Gasteiger partial charge in [0, 0.05) is 65.3 Å². The number of nitrogens with one attached hydrogen (secondary N) is 2. The van der Waals surface area contributed by atoms with Crippen LogP contribution in [0.2, 0.25) is 0 Å². The van der Waals surface area contributed by atoms with Gasteiger partial charge >= 0.3 is 5.97 Å². The van der Waals surface area contributed by atoms with Crippen molar-refractivity contribution in [3.05, 3.63) is 149 Å². The number of hydrogen-bond acceptors (Lipinski definition) is 6. The summed E-state index contributed by atoms with van der Waals surface area (Å²) in [6, 6.07) is 33.0. The number of methoxy groups -OCH3 is 1. The van der Waals surface area contributed by atoms with E-state index in [1.54, 1.807) is 24.4 Å². The molecule has 2 aliphatic rings. The third kappa shape index (κ3) is 7.22. The predicted octanol–water partition coefficient (Wildman–Crippen LogP) is 8.59. The third-order valence-corrected chi connectivity index (χ3v) is 10.7. The van der Waals surface area contributed by atoms with Gasteiger partial charge in [-0.05, 0) is 116 Å². The number of fused-ring (bicyclic) bond motifs is 2. The van der Waals surface area contributed by atoms with Crippen LogP contribution >= 0.6 is 0 Å². The molecular weight excluding hydrogens is 675 g/mol. The Kier molecular flexibility index (Phi) is 9.94. The Bertz CT molecular complexity index is 2360. The molecule has 1 aliphatic carbocycles. The number of carbonyl (C=O) groups is 3. The minimum atomic E-state index is -0.379. The largest absolute Gasteiger partial charge is 0.465 e. The van der Waals surface area contributed by atoms with Crippen LogP contribution in [0.15, 0.2) is 116 Å². The first-order valence-corrected chi connectivity index (χ1v) is 18.8. The Morgan fingerprint density at radius 1 is 0.815 bits per heavy atom. The van der Waals surface area contributed by atoms with E-state index in [0.717, 1.165) is 72.9 Å². The smallest absolute Gasteiger partial charge is 0.338 e. The summed E-state index contributed by atoms with van der Waals surface area (Å²) in [7, 11) is 1.38. The van der Waals surface area contributed by atoms with Crippen molar-refractivity contribution < 1.29 is 19.1 Å². The topological polar surface area (TPSA) is 106 Å². The number of amides is 2. The zero-order valence-electron chi connectivity index (χ0n) is 30.4. The summed E-state index contributed by atoms with van der Waals surface area (Å²) in [4.78, 5) is 47.1. The zero-order valence-corrected chi connectivity index (χ0v) is 30.4. The van der Waals surface area contributed by atoms with E-state index in [1.807, 2.05) is 60.8 Å². The number of ether oxygens (including phenoxy) is 1. The summed E-state index contributed by atoms with van der Waals surface area (Å²) in [6.07, 6.45) is 10.0. The number of rotatable bonds is 9. The van der Waals surface area contributed by atoms with Gasteiger partial charge in [0.05, 0.1) is 30.1 Å². The van der Waals surface area contributed by atoms with Crippen molar-refractivity contribution >= 4 is 40.1 Å². The summed E-state index contributed by atoms with van der Waals surface area (Å²) >= 11 is 0. The Morgan fingerprint density at radius 3 is 2.52 bits per heavy atom. The number of aromatic nitrogens is 2. The highest BCUT2D eigenvalue weighted by molar-refractivity contribution is 6.07. The number of pyridine rings is 1. The normalized spacial score (nSPS) is 15.4. The number of piperidine rings is 1. The van der Waals surface area contributed by atoms with E-state index in [1.165, 1.54) is 24.7 Å². The van der Waals surface area contributed by atoms with Crippen LogP contribution < -0.4 is 15.5 Å². The Hall–Kier alpha value is -6.22. The maximum Gasteiger partial charge on any atom is 0.338 e. The SMILES string of the molecule is COC(=O)c1cccc2c1ccn2Cc1cccc(C(=O)Nc2ccc(N3CCCCC3)cc2-c2cc(C(=O)N[C@H]3CCCc4ccccc43)ccn2)c1. The van der Waals surface area contributed by atoms with Crippen molar-refractivity contribution in [2.75, 3.05) is 30.4 Å². The molecule has 54 heavy (non-hydrogen) atoms. The molecule has 0 unspecified atom stereocenters. The Balaban J connectivity index is 1.06. The average molecular weight is 718 g/mol. The lowest BCUT2D eigenvalue weighted by molar-refractivity contribution is 0.0602. The first-order valence-electron chi connectivity index (χ1n) is 18.8. The molecule has 1 saturated heterocycles. The van der Waals surface area contributed by atoms with Crippen molar-refractivity contribution in [1.82, 2.24) is 14.9 Å². The van der Waals surface area contributed by atoms with Gasteiger partial charge in [-0.15, -0.1) is 0 Å². The van der Waals surface area contributed by atoms with Gasteiger partial charge in [-0.2, -0.15) is 0 Å². The number of hydrogen-bond donors (Lipinski definition) is 2. The molecule has 272 valence electrons. The minimum Gasteiger partial charge on any atom is -0.465 e. The molecule has 3 heterocycles. The van der Waals surface area contributed by atoms with Crippen LogP contribution in [-0.2, 0) is 17.7 Å². The molecule has 8 rings (SSSR count). The summed E-state index contributed by atoms with van der Waals surface area (Å²) < 4.78 is 7.03. The second-order valence-electron chi connectivity index (χ2n) is 14.2. The molecule has 4 aromatic carbocycles. The van der Waals surface area contributed by atoms with Crippen LogP contribution in [0.1, 0.15) is 85.9 Å². The molecule has 2 aromatic heterocycles. The van der Waals surface area contributed by atoms with Gasteiger partial charge in [0.25, 0.3) is 11.8 Å². The first kappa shape index (κ1) is 34.8. The quantitative estimate of drug-likeness (QED) is 0.145. The molecule has 9 heteroatoms. The van der Waals surface area contributed by atoms with Crippen molar-refractivity contribution in [2.45, 2.75) is 51.1 Å². The highest BCUT2D eigenvalue weighted by Gasteiger charge is 2.23. The standard InChI is InChI=1S/C45H43N5O4/c1-54-45(53)37-15-9-17-42-36(37)21-25-50(42)29-30-10-7-13-32(26-30)43(51)48-40-19-18-34(49-23-5-2-6-24-49)28-38(40)41-27-33(20-22-46-41)44(52)47-39-16-8-12-31-11-3-4-14-35(31)39/h3-4,7,9-11,13-15,17-22,25-28,39H,2,5-6,8,12,16,23-24,29H2,1H3,(H,47,52)(H,48,51)/t39-/m0/s1. The molecule has 1 atom stereocenters. The van der Waals surface area contributed by atoms with E-state index in [4.69, 9.17) is 9.72 Å². The van der Waals surface area contributed by atoms with E-state index in [0.29, 0.717) is 34.6 Å². The molecule has 9 nitrogen and oxygen atoms in total. The second-order valence-corrected chi connectivity index (χ2v) is 14.2. The number of aryl methyl sites for hydroxylation is 1. The monoisotopic (exact) mass is 717 g/mol. The lowest BCUT2D eigenvalue weighted by Crippen LogP contribution is -2.31. The predicted molar refractivity (Wildman–Crippen MR) is 212 cm³/mol. The van der Waals surface area contributed by atoms with Gasteiger partial charge in [0.15, 0.2) is 0 Å². The van der Waals surface area contributed by atoms with Gasteiger partial charge in [-0.25, -0.2) is 4.79 Å². The van der Waals surface area contributed by atoms with Gasteiger partial charge in [-0.3, -0.25) is 14.6 Å².